The molecule has 29 heavy (non-hydrogen) atoms. The van der Waals surface area contributed by atoms with Crippen LogP contribution in [0.25, 0.3) is 5.57 Å². The number of likely N-dealkylation sites (tertiary alicyclic amines) is 1. The van der Waals surface area contributed by atoms with Crippen molar-refractivity contribution in [1.29, 1.82) is 0 Å². The van der Waals surface area contributed by atoms with Crippen molar-refractivity contribution in [3.8, 4) is 0 Å². The molecule has 0 unspecified atom stereocenters. The SMILES string of the molecule is CCOC(=O)[C@@H]1[C@H]2CC=C(c3ccccc3)[C@H]2CN1C(=O)OCc1ccccc1. The van der Waals surface area contributed by atoms with Gasteiger partial charge in [-0.25, -0.2) is 9.59 Å². The van der Waals surface area contributed by atoms with Crippen molar-refractivity contribution < 1.29 is 19.1 Å². The van der Waals surface area contributed by atoms with Crippen LogP contribution in [-0.4, -0.2) is 36.2 Å². The average Bonchev–Trinajstić information content (AvgIpc) is 3.33. The van der Waals surface area contributed by atoms with Crippen LogP contribution in [-0.2, 0) is 20.9 Å². The van der Waals surface area contributed by atoms with Crippen LogP contribution in [0.3, 0.4) is 0 Å². The van der Waals surface area contributed by atoms with Gasteiger partial charge in [0.15, 0.2) is 0 Å². The van der Waals surface area contributed by atoms with Crippen LogP contribution < -0.4 is 0 Å². The quantitative estimate of drug-likeness (QED) is 0.714. The molecule has 1 heterocycles. The molecule has 2 aromatic rings. The summed E-state index contributed by atoms with van der Waals surface area (Å²) in [6.07, 6.45) is 2.48. The fourth-order valence-corrected chi connectivity index (χ4v) is 4.43. The van der Waals surface area contributed by atoms with Crippen molar-refractivity contribution in [2.45, 2.75) is 26.0 Å². The second-order valence-corrected chi connectivity index (χ2v) is 7.42. The maximum atomic E-state index is 12.9. The van der Waals surface area contributed by atoms with Gasteiger partial charge in [0.05, 0.1) is 6.61 Å². The summed E-state index contributed by atoms with van der Waals surface area (Å²) in [5.41, 5.74) is 3.25. The monoisotopic (exact) mass is 391 g/mol. The van der Waals surface area contributed by atoms with E-state index in [1.807, 2.05) is 48.5 Å². The van der Waals surface area contributed by atoms with Crippen LogP contribution in [0, 0.1) is 11.8 Å². The first kappa shape index (κ1) is 19.2. The number of fused-ring (bicyclic) bond motifs is 1. The Balaban J connectivity index is 1.53. The molecule has 1 amide bonds. The van der Waals surface area contributed by atoms with Crippen LogP contribution in [0.4, 0.5) is 4.79 Å². The molecule has 2 aromatic carbocycles. The van der Waals surface area contributed by atoms with E-state index in [-0.39, 0.29) is 24.4 Å². The highest BCUT2D eigenvalue weighted by Gasteiger charge is 2.51. The maximum absolute atomic E-state index is 12.9. The second-order valence-electron chi connectivity index (χ2n) is 7.42. The molecule has 0 spiro atoms. The van der Waals surface area contributed by atoms with Crippen molar-refractivity contribution in [3.05, 3.63) is 77.9 Å². The zero-order chi connectivity index (χ0) is 20.2. The molecular formula is C24H25NO4. The van der Waals surface area contributed by atoms with Crippen molar-refractivity contribution >= 4 is 17.6 Å². The van der Waals surface area contributed by atoms with Gasteiger partial charge in [-0.15, -0.1) is 0 Å². The third-order valence-corrected chi connectivity index (χ3v) is 5.74. The van der Waals surface area contributed by atoms with Gasteiger partial charge in [-0.1, -0.05) is 66.7 Å². The van der Waals surface area contributed by atoms with E-state index in [4.69, 9.17) is 9.47 Å². The summed E-state index contributed by atoms with van der Waals surface area (Å²) in [4.78, 5) is 27.2. The minimum Gasteiger partial charge on any atom is -0.464 e. The Morgan fingerprint density at radius 1 is 1.00 bits per heavy atom. The zero-order valence-corrected chi connectivity index (χ0v) is 16.5. The third kappa shape index (κ3) is 3.90. The van der Waals surface area contributed by atoms with Crippen molar-refractivity contribution in [1.82, 2.24) is 4.90 Å². The standard InChI is InChI=1S/C24H25NO4/c1-2-28-23(26)22-20-14-13-19(18-11-7-4-8-12-18)21(20)15-25(22)24(27)29-16-17-9-5-3-6-10-17/h3-13,20-22H,2,14-16H2,1H3/t20-,21+,22-/m0/s1. The number of carbonyl (C=O) groups is 2. The Hall–Kier alpha value is -3.08. The molecule has 150 valence electrons. The first-order valence-corrected chi connectivity index (χ1v) is 10.1. The van der Waals surface area contributed by atoms with Crippen molar-refractivity contribution in [2.24, 2.45) is 11.8 Å². The maximum Gasteiger partial charge on any atom is 0.410 e. The van der Waals surface area contributed by atoms with Gasteiger partial charge < -0.3 is 9.47 Å². The summed E-state index contributed by atoms with van der Waals surface area (Å²) in [6, 6.07) is 19.1. The fraction of sp³-hybridized carbons (Fsp3) is 0.333. The van der Waals surface area contributed by atoms with E-state index >= 15 is 0 Å². The van der Waals surface area contributed by atoms with Gasteiger partial charge in [-0.3, -0.25) is 4.90 Å². The molecule has 0 saturated carbocycles. The average molecular weight is 391 g/mol. The molecule has 0 N–H and O–H groups in total. The largest absolute Gasteiger partial charge is 0.464 e. The number of nitrogens with zero attached hydrogens (tertiary/aromatic N) is 1. The molecule has 1 aliphatic carbocycles. The van der Waals surface area contributed by atoms with Gasteiger partial charge in [0.1, 0.15) is 12.6 Å². The summed E-state index contributed by atoms with van der Waals surface area (Å²) in [5, 5.41) is 0. The predicted octanol–water partition coefficient (Wildman–Crippen LogP) is 4.29. The first-order valence-electron chi connectivity index (χ1n) is 10.1. The van der Waals surface area contributed by atoms with Crippen LogP contribution >= 0.6 is 0 Å². The van der Waals surface area contributed by atoms with Crippen molar-refractivity contribution in [3.63, 3.8) is 0 Å². The summed E-state index contributed by atoms with van der Waals surface area (Å²) in [6.45, 7) is 2.72. The summed E-state index contributed by atoms with van der Waals surface area (Å²) >= 11 is 0. The van der Waals surface area contributed by atoms with Crippen LogP contribution in [0.1, 0.15) is 24.5 Å². The molecule has 0 radical (unpaired) electrons. The number of benzene rings is 2. The van der Waals surface area contributed by atoms with Crippen LogP contribution in [0.2, 0.25) is 0 Å². The number of allylic oxidation sites excluding steroid dienone is 1. The fourth-order valence-electron chi connectivity index (χ4n) is 4.43. The van der Waals surface area contributed by atoms with E-state index in [9.17, 15) is 9.59 Å². The second kappa shape index (κ2) is 8.52. The Bertz CT molecular complexity index is 894. The molecule has 4 rings (SSSR count). The number of amides is 1. The molecule has 1 fully saturated rings. The molecule has 1 aliphatic heterocycles. The molecule has 1 saturated heterocycles. The lowest BCUT2D eigenvalue weighted by atomic mass is 9.87. The highest BCUT2D eigenvalue weighted by Crippen LogP contribution is 2.46. The molecule has 0 bridgehead atoms. The summed E-state index contributed by atoms with van der Waals surface area (Å²) < 4.78 is 10.8. The Morgan fingerprint density at radius 2 is 1.69 bits per heavy atom. The number of rotatable bonds is 5. The number of hydrogen-bond acceptors (Lipinski definition) is 4. The molecule has 0 aromatic heterocycles. The molecule has 5 nitrogen and oxygen atoms in total. The van der Waals surface area contributed by atoms with Gasteiger partial charge >= 0.3 is 12.1 Å². The Labute approximate surface area is 170 Å². The van der Waals surface area contributed by atoms with Crippen LogP contribution in [0.5, 0.6) is 0 Å². The minimum absolute atomic E-state index is 0.0218. The Morgan fingerprint density at radius 3 is 2.38 bits per heavy atom. The van der Waals surface area contributed by atoms with E-state index in [1.165, 1.54) is 5.57 Å². The van der Waals surface area contributed by atoms with Gasteiger partial charge in [-0.05, 0) is 30.0 Å². The number of hydrogen-bond donors (Lipinski definition) is 0. The highest BCUT2D eigenvalue weighted by molar-refractivity contribution is 5.85. The first-order chi connectivity index (χ1) is 14.2. The highest BCUT2D eigenvalue weighted by atomic mass is 16.6. The van der Waals surface area contributed by atoms with Gasteiger partial charge in [-0.2, -0.15) is 0 Å². The van der Waals surface area contributed by atoms with E-state index in [1.54, 1.807) is 11.8 Å². The third-order valence-electron chi connectivity index (χ3n) is 5.74. The number of carbonyl (C=O) groups excluding carboxylic acids is 2. The molecule has 3 atom stereocenters. The Kier molecular flexibility index (Phi) is 5.65. The predicted molar refractivity (Wildman–Crippen MR) is 110 cm³/mol. The summed E-state index contributed by atoms with van der Waals surface area (Å²) in [5.74, 6) is -0.219. The summed E-state index contributed by atoms with van der Waals surface area (Å²) in [7, 11) is 0. The molecule has 2 aliphatic rings. The number of esters is 1. The molecular weight excluding hydrogens is 366 g/mol. The zero-order valence-electron chi connectivity index (χ0n) is 16.5. The lowest BCUT2D eigenvalue weighted by molar-refractivity contribution is -0.149. The van der Waals surface area contributed by atoms with Crippen molar-refractivity contribution in [2.75, 3.05) is 13.2 Å². The van der Waals surface area contributed by atoms with Gasteiger partial charge in [0.25, 0.3) is 0 Å². The normalized spacial score (nSPS) is 22.7. The minimum atomic E-state index is -0.610. The van der Waals surface area contributed by atoms with Crippen LogP contribution in [0.15, 0.2) is 66.7 Å². The topological polar surface area (TPSA) is 55.8 Å². The van der Waals surface area contributed by atoms with E-state index < -0.39 is 12.1 Å². The molecule has 5 heteroatoms. The van der Waals surface area contributed by atoms with E-state index in [2.05, 4.69) is 18.2 Å². The van der Waals surface area contributed by atoms with E-state index in [0.717, 1.165) is 17.5 Å². The smallest absolute Gasteiger partial charge is 0.410 e. The van der Waals surface area contributed by atoms with E-state index in [0.29, 0.717) is 13.2 Å². The van der Waals surface area contributed by atoms with Gasteiger partial charge in [0.2, 0.25) is 0 Å². The number of ether oxygens (including phenoxy) is 2. The van der Waals surface area contributed by atoms with Gasteiger partial charge in [0, 0.05) is 18.4 Å². The lowest BCUT2D eigenvalue weighted by Gasteiger charge is -2.25. The lowest BCUT2D eigenvalue weighted by Crippen LogP contribution is -2.44.